The zero-order chi connectivity index (χ0) is 20.4. The maximum Gasteiger partial charge on any atom is 0.243 e. The van der Waals surface area contributed by atoms with Crippen molar-refractivity contribution in [3.63, 3.8) is 0 Å². The van der Waals surface area contributed by atoms with Crippen LogP contribution in [0.2, 0.25) is 0 Å². The number of hydrogen-bond acceptors (Lipinski definition) is 5. The molecule has 0 aliphatic carbocycles. The van der Waals surface area contributed by atoms with Crippen LogP contribution in [0.4, 0.5) is 4.39 Å². The Morgan fingerprint density at radius 1 is 0.931 bits per heavy atom. The molecular formula is C20H21FN2O5S. The average Bonchev–Trinajstić information content (AvgIpc) is 2.74. The number of sulfonamides is 1. The molecule has 2 aromatic rings. The summed E-state index contributed by atoms with van der Waals surface area (Å²) in [7, 11) is -3.70. The number of carbonyl (C=O) groups is 1. The summed E-state index contributed by atoms with van der Waals surface area (Å²) in [6, 6.07) is 10.2. The molecule has 0 unspecified atom stereocenters. The number of piperazine rings is 1. The molecule has 1 amide bonds. The van der Waals surface area contributed by atoms with E-state index in [1.165, 1.54) is 16.4 Å². The molecule has 0 N–H and O–H groups in total. The van der Waals surface area contributed by atoms with E-state index in [2.05, 4.69) is 0 Å². The molecule has 2 aliphatic rings. The highest BCUT2D eigenvalue weighted by atomic mass is 32.2. The lowest BCUT2D eigenvalue weighted by Crippen LogP contribution is -2.50. The molecule has 0 bridgehead atoms. The van der Waals surface area contributed by atoms with E-state index in [9.17, 15) is 17.6 Å². The highest BCUT2D eigenvalue weighted by Crippen LogP contribution is 2.31. The number of rotatable bonds is 4. The first-order valence-corrected chi connectivity index (χ1v) is 10.8. The van der Waals surface area contributed by atoms with E-state index < -0.39 is 15.8 Å². The number of hydrogen-bond donors (Lipinski definition) is 0. The fourth-order valence-corrected chi connectivity index (χ4v) is 4.84. The minimum atomic E-state index is -3.70. The van der Waals surface area contributed by atoms with E-state index >= 15 is 0 Å². The number of ether oxygens (including phenoxy) is 2. The molecule has 2 aromatic carbocycles. The van der Waals surface area contributed by atoms with E-state index in [-0.39, 0.29) is 30.3 Å². The van der Waals surface area contributed by atoms with Crippen LogP contribution in [-0.4, -0.2) is 62.9 Å². The second-order valence-corrected chi connectivity index (χ2v) is 8.83. The summed E-state index contributed by atoms with van der Waals surface area (Å²) >= 11 is 0. The Morgan fingerprint density at radius 3 is 2.28 bits per heavy atom. The highest BCUT2D eigenvalue weighted by Gasteiger charge is 2.30. The largest absolute Gasteiger partial charge is 0.486 e. The lowest BCUT2D eigenvalue weighted by molar-refractivity contribution is -0.131. The van der Waals surface area contributed by atoms with Crippen molar-refractivity contribution in [3.05, 3.63) is 53.8 Å². The fourth-order valence-electron chi connectivity index (χ4n) is 3.42. The van der Waals surface area contributed by atoms with Crippen LogP contribution in [0.5, 0.6) is 11.5 Å². The zero-order valence-electron chi connectivity index (χ0n) is 15.7. The molecule has 2 heterocycles. The lowest BCUT2D eigenvalue weighted by atomic mass is 10.1. The molecule has 4 rings (SSSR count). The molecule has 0 saturated carbocycles. The normalized spacial score (nSPS) is 17.2. The number of carbonyl (C=O) groups excluding carboxylic acids is 1. The minimum absolute atomic E-state index is 0.0509. The first kappa shape index (κ1) is 19.7. The first-order valence-electron chi connectivity index (χ1n) is 9.35. The summed E-state index contributed by atoms with van der Waals surface area (Å²) < 4.78 is 50.8. The van der Waals surface area contributed by atoms with E-state index in [0.29, 0.717) is 37.8 Å². The Balaban J connectivity index is 1.36. The molecule has 0 atom stereocenters. The van der Waals surface area contributed by atoms with Gasteiger partial charge < -0.3 is 14.4 Å². The quantitative estimate of drug-likeness (QED) is 0.752. The predicted molar refractivity (Wildman–Crippen MR) is 103 cm³/mol. The molecule has 29 heavy (non-hydrogen) atoms. The van der Waals surface area contributed by atoms with Gasteiger partial charge in [-0.1, -0.05) is 6.07 Å². The van der Waals surface area contributed by atoms with E-state index in [1.807, 2.05) is 12.1 Å². The predicted octanol–water partition coefficient (Wildman–Crippen LogP) is 1.67. The van der Waals surface area contributed by atoms with Gasteiger partial charge in [0, 0.05) is 26.2 Å². The monoisotopic (exact) mass is 420 g/mol. The van der Waals surface area contributed by atoms with Crippen molar-refractivity contribution in [2.24, 2.45) is 0 Å². The maximum absolute atomic E-state index is 13.1. The SMILES string of the molecule is O=C(Cc1ccc2c(c1)OCCO2)N1CCN(S(=O)(=O)c2ccc(F)cc2)CC1. The Bertz CT molecular complexity index is 1000. The fraction of sp³-hybridized carbons (Fsp3) is 0.350. The number of fused-ring (bicyclic) bond motifs is 1. The van der Waals surface area contributed by atoms with Crippen molar-refractivity contribution in [2.45, 2.75) is 11.3 Å². The van der Waals surface area contributed by atoms with Gasteiger partial charge in [0.25, 0.3) is 0 Å². The van der Waals surface area contributed by atoms with Crippen molar-refractivity contribution < 1.29 is 27.1 Å². The van der Waals surface area contributed by atoms with Crippen LogP contribution in [0.3, 0.4) is 0 Å². The van der Waals surface area contributed by atoms with Gasteiger partial charge in [-0.3, -0.25) is 4.79 Å². The average molecular weight is 420 g/mol. The van der Waals surface area contributed by atoms with Crippen molar-refractivity contribution in [3.8, 4) is 11.5 Å². The molecule has 0 spiro atoms. The van der Waals surface area contributed by atoms with Crippen LogP contribution in [0.25, 0.3) is 0 Å². The summed E-state index contributed by atoms with van der Waals surface area (Å²) in [6.07, 6.45) is 0.210. The summed E-state index contributed by atoms with van der Waals surface area (Å²) in [4.78, 5) is 14.4. The van der Waals surface area contributed by atoms with Gasteiger partial charge in [0.05, 0.1) is 11.3 Å². The maximum atomic E-state index is 13.1. The van der Waals surface area contributed by atoms with E-state index in [1.54, 1.807) is 11.0 Å². The van der Waals surface area contributed by atoms with E-state index in [0.717, 1.165) is 17.7 Å². The van der Waals surface area contributed by atoms with Gasteiger partial charge in [-0.05, 0) is 42.0 Å². The van der Waals surface area contributed by atoms with Gasteiger partial charge in [0.15, 0.2) is 11.5 Å². The second kappa shape index (κ2) is 8.00. The van der Waals surface area contributed by atoms with Gasteiger partial charge in [0.2, 0.25) is 15.9 Å². The van der Waals surface area contributed by atoms with Crippen LogP contribution in [-0.2, 0) is 21.2 Å². The third kappa shape index (κ3) is 4.20. The Labute approximate surface area is 168 Å². The molecular weight excluding hydrogens is 399 g/mol. The van der Waals surface area contributed by atoms with Gasteiger partial charge in [-0.15, -0.1) is 0 Å². The number of amides is 1. The molecule has 2 aliphatic heterocycles. The molecule has 0 aromatic heterocycles. The molecule has 0 radical (unpaired) electrons. The third-order valence-corrected chi connectivity index (χ3v) is 6.92. The summed E-state index contributed by atoms with van der Waals surface area (Å²) in [5, 5.41) is 0. The number of benzene rings is 2. The summed E-state index contributed by atoms with van der Waals surface area (Å²) in [5.74, 6) is 0.753. The smallest absolute Gasteiger partial charge is 0.243 e. The second-order valence-electron chi connectivity index (χ2n) is 6.89. The van der Waals surface area contributed by atoms with Crippen LogP contribution in [0, 0.1) is 5.82 Å². The Hall–Kier alpha value is -2.65. The van der Waals surface area contributed by atoms with Gasteiger partial charge >= 0.3 is 0 Å². The topological polar surface area (TPSA) is 76.2 Å². The van der Waals surface area contributed by atoms with Crippen LogP contribution < -0.4 is 9.47 Å². The van der Waals surface area contributed by atoms with Crippen LogP contribution in [0.15, 0.2) is 47.4 Å². The lowest BCUT2D eigenvalue weighted by Gasteiger charge is -2.34. The zero-order valence-corrected chi connectivity index (χ0v) is 16.5. The van der Waals surface area contributed by atoms with Gasteiger partial charge in [-0.25, -0.2) is 12.8 Å². The molecule has 7 nitrogen and oxygen atoms in total. The summed E-state index contributed by atoms with van der Waals surface area (Å²) in [6.45, 7) is 2.01. The summed E-state index contributed by atoms with van der Waals surface area (Å²) in [5.41, 5.74) is 0.820. The number of halogens is 1. The van der Waals surface area contributed by atoms with Crippen molar-refractivity contribution in [2.75, 3.05) is 39.4 Å². The number of nitrogens with zero attached hydrogens (tertiary/aromatic N) is 2. The third-order valence-electron chi connectivity index (χ3n) is 5.00. The standard InChI is InChI=1S/C20H21FN2O5S/c21-16-2-4-17(5-3-16)29(25,26)23-9-7-22(8-10-23)20(24)14-15-1-6-18-19(13-15)28-12-11-27-18/h1-6,13H,7-12,14H2. The molecule has 1 fully saturated rings. The van der Waals surface area contributed by atoms with Gasteiger partial charge in [-0.2, -0.15) is 4.31 Å². The molecule has 9 heteroatoms. The van der Waals surface area contributed by atoms with Crippen molar-refractivity contribution in [1.82, 2.24) is 9.21 Å². The van der Waals surface area contributed by atoms with Gasteiger partial charge in [0.1, 0.15) is 19.0 Å². The van der Waals surface area contributed by atoms with Crippen LogP contribution >= 0.6 is 0 Å². The van der Waals surface area contributed by atoms with Crippen molar-refractivity contribution in [1.29, 1.82) is 0 Å². The molecule has 154 valence electrons. The van der Waals surface area contributed by atoms with Crippen LogP contribution in [0.1, 0.15) is 5.56 Å². The molecule has 1 saturated heterocycles. The Morgan fingerprint density at radius 2 is 1.59 bits per heavy atom. The minimum Gasteiger partial charge on any atom is -0.486 e. The van der Waals surface area contributed by atoms with Crippen molar-refractivity contribution >= 4 is 15.9 Å². The first-order chi connectivity index (χ1) is 13.9. The highest BCUT2D eigenvalue weighted by molar-refractivity contribution is 7.89. The van der Waals surface area contributed by atoms with E-state index in [4.69, 9.17) is 9.47 Å². The Kier molecular flexibility index (Phi) is 5.42.